The van der Waals surface area contributed by atoms with Crippen LogP contribution in [0.4, 0.5) is 0 Å². The van der Waals surface area contributed by atoms with Crippen LogP contribution in [0.3, 0.4) is 0 Å². The highest BCUT2D eigenvalue weighted by molar-refractivity contribution is 5.81. The number of rotatable bonds is 4. The van der Waals surface area contributed by atoms with Crippen LogP contribution in [0.2, 0.25) is 0 Å². The maximum Gasteiger partial charge on any atom is 0.330 e. The standard InChI is InChI=1S/C14H22O2/c1-2-16-14(15)9-8-12-10-13(12)11-6-4-3-5-7-11/h8-9,11-13H,2-7,10H2,1H3/b9-8+/t12-,13+/m0/s1. The summed E-state index contributed by atoms with van der Waals surface area (Å²) in [6.45, 7) is 2.31. The molecule has 0 heterocycles. The van der Waals surface area contributed by atoms with Crippen molar-refractivity contribution in [3.63, 3.8) is 0 Å². The van der Waals surface area contributed by atoms with E-state index in [0.29, 0.717) is 12.5 Å². The van der Waals surface area contributed by atoms with Crippen LogP contribution in [0.25, 0.3) is 0 Å². The minimum absolute atomic E-state index is 0.184. The van der Waals surface area contributed by atoms with E-state index in [1.807, 2.05) is 6.92 Å². The molecule has 0 saturated heterocycles. The Kier molecular flexibility index (Phi) is 4.03. The monoisotopic (exact) mass is 222 g/mol. The van der Waals surface area contributed by atoms with Crippen molar-refractivity contribution in [2.45, 2.75) is 45.4 Å². The molecule has 2 fully saturated rings. The zero-order valence-corrected chi connectivity index (χ0v) is 10.2. The molecule has 2 nitrogen and oxygen atoms in total. The third kappa shape index (κ3) is 3.10. The molecular formula is C14H22O2. The average molecular weight is 222 g/mol. The van der Waals surface area contributed by atoms with Crippen molar-refractivity contribution in [2.75, 3.05) is 6.61 Å². The van der Waals surface area contributed by atoms with Gasteiger partial charge in [0, 0.05) is 6.08 Å². The molecule has 0 bridgehead atoms. The molecule has 2 aliphatic carbocycles. The van der Waals surface area contributed by atoms with E-state index < -0.39 is 0 Å². The van der Waals surface area contributed by atoms with Gasteiger partial charge >= 0.3 is 5.97 Å². The molecule has 0 radical (unpaired) electrons. The zero-order valence-electron chi connectivity index (χ0n) is 10.2. The van der Waals surface area contributed by atoms with Gasteiger partial charge in [0.2, 0.25) is 0 Å². The Labute approximate surface area is 98.1 Å². The first-order chi connectivity index (χ1) is 7.81. The molecule has 0 aromatic heterocycles. The molecule has 0 spiro atoms. The van der Waals surface area contributed by atoms with Crippen molar-refractivity contribution in [3.8, 4) is 0 Å². The van der Waals surface area contributed by atoms with E-state index in [4.69, 9.17) is 4.74 Å². The minimum Gasteiger partial charge on any atom is -0.463 e. The van der Waals surface area contributed by atoms with E-state index >= 15 is 0 Å². The van der Waals surface area contributed by atoms with Gasteiger partial charge in [-0.15, -0.1) is 0 Å². The van der Waals surface area contributed by atoms with Gasteiger partial charge in [-0.25, -0.2) is 4.79 Å². The van der Waals surface area contributed by atoms with Gasteiger partial charge in [-0.3, -0.25) is 0 Å². The first kappa shape index (κ1) is 11.7. The fourth-order valence-corrected chi connectivity index (χ4v) is 2.95. The molecule has 0 aliphatic heterocycles. The largest absolute Gasteiger partial charge is 0.463 e. The smallest absolute Gasteiger partial charge is 0.330 e. The average Bonchev–Trinajstić information content (AvgIpc) is 3.07. The lowest BCUT2D eigenvalue weighted by atomic mass is 9.85. The summed E-state index contributed by atoms with van der Waals surface area (Å²) < 4.78 is 4.88. The summed E-state index contributed by atoms with van der Waals surface area (Å²) in [7, 11) is 0. The SMILES string of the molecule is CCOC(=O)/C=C/[C@H]1C[C@@H]1C1CCCCC1. The van der Waals surface area contributed by atoms with Crippen molar-refractivity contribution in [1.82, 2.24) is 0 Å². The Morgan fingerprint density at radius 3 is 2.75 bits per heavy atom. The summed E-state index contributed by atoms with van der Waals surface area (Å²) >= 11 is 0. The molecule has 2 aliphatic rings. The molecule has 2 saturated carbocycles. The van der Waals surface area contributed by atoms with Gasteiger partial charge in [0.05, 0.1) is 6.61 Å². The quantitative estimate of drug-likeness (QED) is 0.539. The van der Waals surface area contributed by atoms with Crippen LogP contribution >= 0.6 is 0 Å². The highest BCUT2D eigenvalue weighted by atomic mass is 16.5. The Balaban J connectivity index is 1.71. The summed E-state index contributed by atoms with van der Waals surface area (Å²) in [5.74, 6) is 2.28. The first-order valence-electron chi connectivity index (χ1n) is 6.66. The van der Waals surface area contributed by atoms with E-state index in [1.165, 1.54) is 38.5 Å². The number of hydrogen-bond donors (Lipinski definition) is 0. The summed E-state index contributed by atoms with van der Waals surface area (Å²) in [5, 5.41) is 0. The molecule has 2 heteroatoms. The van der Waals surface area contributed by atoms with Crippen molar-refractivity contribution in [3.05, 3.63) is 12.2 Å². The maximum absolute atomic E-state index is 11.1. The van der Waals surface area contributed by atoms with Gasteiger partial charge in [0.25, 0.3) is 0 Å². The van der Waals surface area contributed by atoms with Crippen molar-refractivity contribution in [2.24, 2.45) is 17.8 Å². The van der Waals surface area contributed by atoms with E-state index in [9.17, 15) is 4.79 Å². The molecule has 90 valence electrons. The minimum atomic E-state index is -0.184. The molecule has 0 aromatic rings. The summed E-state index contributed by atoms with van der Waals surface area (Å²) in [4.78, 5) is 11.1. The molecule has 2 rings (SSSR count). The molecule has 0 aromatic carbocycles. The van der Waals surface area contributed by atoms with E-state index in [2.05, 4.69) is 6.08 Å². The van der Waals surface area contributed by atoms with Crippen LogP contribution in [-0.4, -0.2) is 12.6 Å². The fraction of sp³-hybridized carbons (Fsp3) is 0.786. The van der Waals surface area contributed by atoms with Crippen LogP contribution in [0.5, 0.6) is 0 Å². The van der Waals surface area contributed by atoms with E-state index in [-0.39, 0.29) is 5.97 Å². The van der Waals surface area contributed by atoms with E-state index in [1.54, 1.807) is 6.08 Å². The predicted octanol–water partition coefficient (Wildman–Crippen LogP) is 3.32. The van der Waals surface area contributed by atoms with E-state index in [0.717, 1.165) is 11.8 Å². The lowest BCUT2D eigenvalue weighted by Crippen LogP contribution is -2.09. The zero-order chi connectivity index (χ0) is 11.4. The van der Waals surface area contributed by atoms with Crippen LogP contribution in [0, 0.1) is 17.8 Å². The summed E-state index contributed by atoms with van der Waals surface area (Å²) in [6.07, 6.45) is 12.1. The van der Waals surface area contributed by atoms with Gasteiger partial charge < -0.3 is 4.74 Å². The lowest BCUT2D eigenvalue weighted by molar-refractivity contribution is -0.137. The van der Waals surface area contributed by atoms with Gasteiger partial charge in [-0.05, 0) is 31.1 Å². The molecule has 0 unspecified atom stereocenters. The van der Waals surface area contributed by atoms with Crippen molar-refractivity contribution in [1.29, 1.82) is 0 Å². The number of carbonyl (C=O) groups is 1. The second kappa shape index (κ2) is 5.51. The van der Waals surface area contributed by atoms with Crippen LogP contribution in [0.1, 0.15) is 45.4 Å². The van der Waals surface area contributed by atoms with Crippen LogP contribution in [-0.2, 0) is 9.53 Å². The molecule has 0 N–H and O–H groups in total. The Morgan fingerprint density at radius 2 is 2.06 bits per heavy atom. The summed E-state index contributed by atoms with van der Waals surface area (Å²) in [5.41, 5.74) is 0. The molecule has 2 atom stereocenters. The maximum atomic E-state index is 11.1. The highest BCUT2D eigenvalue weighted by Gasteiger charge is 2.41. The van der Waals surface area contributed by atoms with Gasteiger partial charge in [-0.2, -0.15) is 0 Å². The number of ether oxygens (including phenoxy) is 1. The second-order valence-corrected chi connectivity index (χ2v) is 5.07. The fourth-order valence-electron chi connectivity index (χ4n) is 2.95. The predicted molar refractivity (Wildman–Crippen MR) is 63.9 cm³/mol. The number of hydrogen-bond acceptors (Lipinski definition) is 2. The lowest BCUT2D eigenvalue weighted by Gasteiger charge is -2.21. The molecule has 16 heavy (non-hydrogen) atoms. The first-order valence-corrected chi connectivity index (χ1v) is 6.66. The Hall–Kier alpha value is -0.790. The van der Waals surface area contributed by atoms with Gasteiger partial charge in [-0.1, -0.05) is 38.2 Å². The molecule has 0 amide bonds. The van der Waals surface area contributed by atoms with Gasteiger partial charge in [0.1, 0.15) is 0 Å². The third-order valence-electron chi connectivity index (χ3n) is 3.91. The van der Waals surface area contributed by atoms with Crippen molar-refractivity contribution >= 4 is 5.97 Å². The Morgan fingerprint density at radius 1 is 1.31 bits per heavy atom. The van der Waals surface area contributed by atoms with Gasteiger partial charge in [0.15, 0.2) is 0 Å². The highest BCUT2D eigenvalue weighted by Crippen LogP contribution is 2.49. The third-order valence-corrected chi connectivity index (χ3v) is 3.91. The number of esters is 1. The Bertz CT molecular complexity index is 264. The topological polar surface area (TPSA) is 26.3 Å². The van der Waals surface area contributed by atoms with Crippen molar-refractivity contribution < 1.29 is 9.53 Å². The number of carbonyl (C=O) groups excluding carboxylic acids is 1. The van der Waals surface area contributed by atoms with Crippen LogP contribution in [0.15, 0.2) is 12.2 Å². The number of allylic oxidation sites excluding steroid dienone is 1. The second-order valence-electron chi connectivity index (χ2n) is 5.07. The molecular weight excluding hydrogens is 200 g/mol. The van der Waals surface area contributed by atoms with Crippen LogP contribution < -0.4 is 0 Å². The normalized spacial score (nSPS) is 30.6. The summed E-state index contributed by atoms with van der Waals surface area (Å²) in [6, 6.07) is 0.